The second kappa shape index (κ2) is 9.19. The first-order valence-electron chi connectivity index (χ1n) is 12.4. The normalized spacial score (nSPS) is 11.1. The molecule has 0 aliphatic rings. The van der Waals surface area contributed by atoms with Gasteiger partial charge in [-0.1, -0.05) is 123 Å². The zero-order valence-electron chi connectivity index (χ0n) is 21.6. The van der Waals surface area contributed by atoms with E-state index < -0.39 is 0 Å². The van der Waals surface area contributed by atoms with Crippen LogP contribution in [0.3, 0.4) is 0 Å². The van der Waals surface area contributed by atoms with Crippen LogP contribution in [0.5, 0.6) is 0 Å². The minimum absolute atomic E-state index is 0.190. The predicted octanol–water partition coefficient (Wildman–Crippen LogP) is 6.27. The molecule has 1 nitrogen and oxygen atoms in total. The molecular formula is C33H32BN. The van der Waals surface area contributed by atoms with Crippen LogP contribution in [0.1, 0.15) is 33.4 Å². The average molecular weight is 453 g/mol. The molecule has 172 valence electrons. The number of rotatable bonds is 4. The van der Waals surface area contributed by atoms with E-state index in [9.17, 15) is 0 Å². The van der Waals surface area contributed by atoms with Crippen LogP contribution in [0.2, 0.25) is 0 Å². The number of benzene rings is 4. The van der Waals surface area contributed by atoms with Gasteiger partial charge < -0.3 is 0 Å². The van der Waals surface area contributed by atoms with Crippen LogP contribution in [-0.2, 0) is 0 Å². The van der Waals surface area contributed by atoms with Crippen molar-refractivity contribution in [2.24, 2.45) is 0 Å². The van der Waals surface area contributed by atoms with Gasteiger partial charge in [0.05, 0.1) is 11.2 Å². The first kappa shape index (κ1) is 23.1. The Bertz CT molecular complexity index is 1440. The van der Waals surface area contributed by atoms with E-state index in [2.05, 4.69) is 120 Å². The molecule has 35 heavy (non-hydrogen) atoms. The third-order valence-electron chi connectivity index (χ3n) is 7.19. The van der Waals surface area contributed by atoms with Gasteiger partial charge in [0.1, 0.15) is 0 Å². The number of pyridine rings is 1. The van der Waals surface area contributed by atoms with Crippen molar-refractivity contribution in [2.45, 2.75) is 41.5 Å². The largest absolute Gasteiger partial charge is 0.248 e. The lowest BCUT2D eigenvalue weighted by Crippen LogP contribution is -2.55. The Balaban J connectivity index is 1.66. The summed E-state index contributed by atoms with van der Waals surface area (Å²) < 4.78 is 0. The minimum atomic E-state index is 0.190. The van der Waals surface area contributed by atoms with E-state index in [0.717, 1.165) is 16.8 Å². The molecule has 0 saturated heterocycles. The second-order valence-corrected chi connectivity index (χ2v) is 10.1. The third kappa shape index (κ3) is 4.41. The molecule has 0 saturated carbocycles. The van der Waals surface area contributed by atoms with E-state index in [1.54, 1.807) is 0 Å². The highest BCUT2D eigenvalue weighted by Gasteiger charge is 2.28. The lowest BCUT2D eigenvalue weighted by Gasteiger charge is -2.24. The molecule has 0 aliphatic carbocycles. The fraction of sp³-hybridized carbons (Fsp3) is 0.182. The van der Waals surface area contributed by atoms with Crippen molar-refractivity contribution >= 4 is 34.0 Å². The van der Waals surface area contributed by atoms with Crippen molar-refractivity contribution in [1.82, 2.24) is 4.98 Å². The maximum atomic E-state index is 4.91. The van der Waals surface area contributed by atoms with E-state index in [-0.39, 0.29) is 6.71 Å². The summed E-state index contributed by atoms with van der Waals surface area (Å²) in [5.41, 5.74) is 15.4. The molecule has 0 spiro atoms. The summed E-state index contributed by atoms with van der Waals surface area (Å²) in [5, 5.41) is 1.17. The summed E-state index contributed by atoms with van der Waals surface area (Å²) in [5.74, 6) is 0. The standard InChI is InChI=1S/C33H32BN/c1-21-17-23(3)32(24(4)18-21)34(33-25(5)19-22(2)20-26(33)6)29-14-11-28(12-15-29)31-16-13-27-9-7-8-10-30(27)35-31/h7-20H,1-6H3. The summed E-state index contributed by atoms with van der Waals surface area (Å²) >= 11 is 0. The first-order chi connectivity index (χ1) is 16.8. The van der Waals surface area contributed by atoms with Crippen LogP contribution in [0.15, 0.2) is 84.9 Å². The van der Waals surface area contributed by atoms with Crippen LogP contribution in [0.4, 0.5) is 0 Å². The van der Waals surface area contributed by atoms with Gasteiger partial charge in [-0.25, -0.2) is 4.98 Å². The molecule has 0 aliphatic heterocycles. The molecule has 5 aromatic rings. The quantitative estimate of drug-likeness (QED) is 0.293. The van der Waals surface area contributed by atoms with Crippen LogP contribution in [0, 0.1) is 41.5 Å². The Morgan fingerprint density at radius 1 is 0.543 bits per heavy atom. The number of para-hydroxylation sites is 1. The van der Waals surface area contributed by atoms with Gasteiger partial charge in [0.2, 0.25) is 6.71 Å². The zero-order chi connectivity index (χ0) is 24.7. The molecule has 0 unspecified atom stereocenters. The van der Waals surface area contributed by atoms with Gasteiger partial charge in [-0.05, 0) is 53.7 Å². The second-order valence-electron chi connectivity index (χ2n) is 10.1. The zero-order valence-corrected chi connectivity index (χ0v) is 21.6. The first-order valence-corrected chi connectivity index (χ1v) is 12.4. The monoisotopic (exact) mass is 453 g/mol. The molecule has 0 bridgehead atoms. The number of aromatic nitrogens is 1. The number of hydrogen-bond donors (Lipinski definition) is 0. The molecule has 1 aromatic heterocycles. The maximum Gasteiger partial charge on any atom is 0.242 e. The molecule has 1 heterocycles. The fourth-order valence-corrected chi connectivity index (χ4v) is 5.84. The van der Waals surface area contributed by atoms with E-state index in [0.29, 0.717) is 0 Å². The summed E-state index contributed by atoms with van der Waals surface area (Å²) in [7, 11) is 0. The Morgan fingerprint density at radius 2 is 1.06 bits per heavy atom. The molecule has 4 aromatic carbocycles. The van der Waals surface area contributed by atoms with Crippen LogP contribution < -0.4 is 16.4 Å². The van der Waals surface area contributed by atoms with Gasteiger partial charge in [0, 0.05) is 10.9 Å². The van der Waals surface area contributed by atoms with E-state index >= 15 is 0 Å². The Morgan fingerprint density at radius 3 is 1.60 bits per heavy atom. The number of fused-ring (bicyclic) bond motifs is 1. The molecule has 0 N–H and O–H groups in total. The minimum Gasteiger partial charge on any atom is -0.248 e. The molecule has 0 amide bonds. The van der Waals surface area contributed by atoms with Crippen LogP contribution in [-0.4, -0.2) is 11.7 Å². The topological polar surface area (TPSA) is 12.9 Å². The summed E-state index contributed by atoms with van der Waals surface area (Å²) in [6, 6.07) is 30.9. The predicted molar refractivity (Wildman–Crippen MR) is 153 cm³/mol. The summed E-state index contributed by atoms with van der Waals surface area (Å²) in [6.45, 7) is 13.6. The van der Waals surface area contributed by atoms with Crippen molar-refractivity contribution < 1.29 is 0 Å². The Hall–Kier alpha value is -3.65. The lowest BCUT2D eigenvalue weighted by molar-refractivity contribution is 1.34. The fourth-order valence-electron chi connectivity index (χ4n) is 5.84. The smallest absolute Gasteiger partial charge is 0.242 e. The highest BCUT2D eigenvalue weighted by Crippen LogP contribution is 2.21. The average Bonchev–Trinajstić information content (AvgIpc) is 2.82. The summed E-state index contributed by atoms with van der Waals surface area (Å²) in [4.78, 5) is 4.91. The SMILES string of the molecule is Cc1cc(C)c(B(c2ccc(-c3ccc4ccccc4n3)cc2)c2c(C)cc(C)cc2C)c(C)c1. The maximum absolute atomic E-state index is 4.91. The molecular weight excluding hydrogens is 421 g/mol. The van der Waals surface area contributed by atoms with Gasteiger partial charge in [-0.3, -0.25) is 0 Å². The lowest BCUT2D eigenvalue weighted by atomic mass is 9.34. The highest BCUT2D eigenvalue weighted by atomic mass is 14.7. The van der Waals surface area contributed by atoms with E-state index in [4.69, 9.17) is 4.98 Å². The van der Waals surface area contributed by atoms with E-state index in [1.165, 1.54) is 55.2 Å². The van der Waals surface area contributed by atoms with Crippen molar-refractivity contribution in [3.63, 3.8) is 0 Å². The van der Waals surface area contributed by atoms with E-state index in [1.807, 2.05) is 6.07 Å². The van der Waals surface area contributed by atoms with Crippen molar-refractivity contribution in [1.29, 1.82) is 0 Å². The highest BCUT2D eigenvalue weighted by molar-refractivity contribution is 6.96. The molecule has 0 atom stereocenters. The molecule has 2 heteroatoms. The van der Waals surface area contributed by atoms with Gasteiger partial charge in [-0.15, -0.1) is 0 Å². The van der Waals surface area contributed by atoms with Crippen LogP contribution >= 0.6 is 0 Å². The van der Waals surface area contributed by atoms with Crippen molar-refractivity contribution in [3.8, 4) is 11.3 Å². The Labute approximate surface area is 210 Å². The number of hydrogen-bond acceptors (Lipinski definition) is 1. The third-order valence-corrected chi connectivity index (χ3v) is 7.19. The van der Waals surface area contributed by atoms with Gasteiger partial charge in [0.15, 0.2) is 0 Å². The molecule has 0 radical (unpaired) electrons. The van der Waals surface area contributed by atoms with Gasteiger partial charge in [-0.2, -0.15) is 0 Å². The van der Waals surface area contributed by atoms with Crippen LogP contribution in [0.25, 0.3) is 22.2 Å². The Kier molecular flexibility index (Phi) is 6.07. The summed E-state index contributed by atoms with van der Waals surface area (Å²) in [6.07, 6.45) is 0. The number of nitrogens with zero attached hydrogens (tertiary/aromatic N) is 1. The van der Waals surface area contributed by atoms with Crippen molar-refractivity contribution in [2.75, 3.05) is 0 Å². The van der Waals surface area contributed by atoms with Crippen molar-refractivity contribution in [3.05, 3.63) is 118 Å². The number of aryl methyl sites for hydroxylation is 6. The van der Waals surface area contributed by atoms with Gasteiger partial charge >= 0.3 is 0 Å². The van der Waals surface area contributed by atoms with Gasteiger partial charge in [0.25, 0.3) is 0 Å². The molecule has 0 fully saturated rings. The molecule has 5 rings (SSSR count).